The van der Waals surface area contributed by atoms with Gasteiger partial charge in [0.2, 0.25) is 17.7 Å². The van der Waals surface area contributed by atoms with E-state index < -0.39 is 30.7 Å². The van der Waals surface area contributed by atoms with Crippen LogP contribution < -0.4 is 10.6 Å². The number of carbonyl (C=O) groups excluding carboxylic acids is 4. The maximum atomic E-state index is 13.6. The number of imidazole rings is 1. The van der Waals surface area contributed by atoms with Gasteiger partial charge in [0.25, 0.3) is 0 Å². The first-order valence-corrected chi connectivity index (χ1v) is 20.9. The molecular formula is C41H49N7O6S2. The highest BCUT2D eigenvalue weighted by Crippen LogP contribution is 2.43. The molecule has 0 radical (unpaired) electrons. The van der Waals surface area contributed by atoms with Crippen molar-refractivity contribution in [1.82, 2.24) is 30.4 Å². The lowest BCUT2D eigenvalue weighted by Gasteiger charge is -2.31. The van der Waals surface area contributed by atoms with E-state index in [0.717, 1.165) is 59.6 Å². The number of aromatic amines is 1. The van der Waals surface area contributed by atoms with Crippen molar-refractivity contribution in [2.45, 2.75) is 84.0 Å². The molecule has 56 heavy (non-hydrogen) atoms. The number of thiophene rings is 2. The minimum absolute atomic E-state index is 0.0810. The molecule has 2 fully saturated rings. The topological polar surface area (TPSA) is 169 Å². The molecule has 4 N–H and O–H groups in total. The molecule has 4 aromatic rings. The number of alkyl carbamates (subject to hydrolysis) is 1. The smallest absolute Gasteiger partial charge is 0.407 e. The largest absolute Gasteiger partial charge is 0.453 e. The van der Waals surface area contributed by atoms with Gasteiger partial charge in [0.05, 0.1) is 31.1 Å². The number of aliphatic imine (C=N–C) groups is 1. The molecule has 3 aliphatic rings. The first-order chi connectivity index (χ1) is 26.9. The second kappa shape index (κ2) is 16.7. The Labute approximate surface area is 334 Å². The zero-order valence-electron chi connectivity index (χ0n) is 32.3. The fourth-order valence-corrected chi connectivity index (χ4v) is 10.3. The molecule has 6 heterocycles. The number of hydrogen-bond acceptors (Lipinski definition) is 10. The molecular weight excluding hydrogens is 751 g/mol. The van der Waals surface area contributed by atoms with Gasteiger partial charge in [-0.05, 0) is 66.4 Å². The Morgan fingerprint density at radius 1 is 0.875 bits per heavy atom. The van der Waals surface area contributed by atoms with E-state index in [9.17, 15) is 24.3 Å². The number of hydrogen-bond donors (Lipinski definition) is 4. The molecule has 3 aromatic heterocycles. The average Bonchev–Trinajstić information content (AvgIpc) is 4.04. The van der Waals surface area contributed by atoms with E-state index in [1.165, 1.54) is 26.3 Å². The van der Waals surface area contributed by atoms with Crippen molar-refractivity contribution in [3.05, 3.63) is 59.5 Å². The number of methoxy groups -OCH3 is 1. The van der Waals surface area contributed by atoms with E-state index in [2.05, 4.69) is 57.0 Å². The van der Waals surface area contributed by atoms with Crippen LogP contribution in [0.3, 0.4) is 0 Å². The quantitative estimate of drug-likeness (QED) is 0.129. The van der Waals surface area contributed by atoms with Crippen LogP contribution in [0.1, 0.15) is 76.5 Å². The van der Waals surface area contributed by atoms with Crippen molar-refractivity contribution in [3.63, 3.8) is 0 Å². The number of fused-ring (bicyclic) bond motifs is 1. The van der Waals surface area contributed by atoms with Crippen LogP contribution >= 0.6 is 22.7 Å². The van der Waals surface area contributed by atoms with Gasteiger partial charge < -0.3 is 35.3 Å². The molecule has 7 rings (SSSR count). The Hall–Kier alpha value is -4.86. The van der Waals surface area contributed by atoms with Crippen molar-refractivity contribution in [2.24, 2.45) is 16.8 Å². The first kappa shape index (κ1) is 39.4. The van der Waals surface area contributed by atoms with Crippen molar-refractivity contribution < 1.29 is 29.0 Å². The number of rotatable bonds is 12. The van der Waals surface area contributed by atoms with Gasteiger partial charge in [-0.3, -0.25) is 19.4 Å². The number of carbonyl (C=O) groups is 4. The molecule has 4 atom stereocenters. The Kier molecular flexibility index (Phi) is 11.7. The van der Waals surface area contributed by atoms with Gasteiger partial charge in [0.1, 0.15) is 24.5 Å². The lowest BCUT2D eigenvalue weighted by atomic mass is 9.99. The number of nitrogens with one attached hydrogen (secondary N) is 3. The van der Waals surface area contributed by atoms with Gasteiger partial charge in [0, 0.05) is 50.6 Å². The van der Waals surface area contributed by atoms with Gasteiger partial charge >= 0.3 is 6.09 Å². The number of allylic oxidation sites excluding steroid dienone is 1. The number of amides is 4. The monoisotopic (exact) mass is 799 g/mol. The van der Waals surface area contributed by atoms with Gasteiger partial charge in [-0.2, -0.15) is 0 Å². The van der Waals surface area contributed by atoms with Crippen LogP contribution in [0.4, 0.5) is 4.79 Å². The van der Waals surface area contributed by atoms with Crippen molar-refractivity contribution in [2.75, 3.05) is 26.8 Å². The molecule has 13 nitrogen and oxygen atoms in total. The number of aromatic nitrogens is 2. The van der Waals surface area contributed by atoms with Crippen LogP contribution in [0.2, 0.25) is 0 Å². The molecule has 2 unspecified atom stereocenters. The molecule has 15 heteroatoms. The number of H-pyrrole nitrogens is 1. The molecule has 4 amide bonds. The third-order valence-corrected chi connectivity index (χ3v) is 13.3. The number of ether oxygens (including phenoxy) is 1. The number of nitrogens with zero attached hydrogens (tertiary/aromatic N) is 4. The zero-order chi connectivity index (χ0) is 39.7. The van der Waals surface area contributed by atoms with Crippen LogP contribution in [0.25, 0.3) is 36.7 Å². The van der Waals surface area contributed by atoms with Crippen molar-refractivity contribution >= 4 is 67.2 Å². The fraction of sp³-hybridized carbons (Fsp3) is 0.463. The molecule has 296 valence electrons. The standard InChI is InChI=1S/C41H49N7O6S2/c1-22(2)36(45-35(50)21-49)39(51)48-15-7-9-30(48)38-43-20-28(44-38)24-10-12-25(13-11-24)31-17-33-34(55-31)18-32(56-33)26-16-27(42-19-26)29-8-6-14-47(29)40(52)37(23(3)4)46-41(53)54-5/h10-13,17-20,22-23,29-30,36-37,49H,6-9,14-16,21H2,1-5H3,(H,43,44)(H,45,50)(H,46,53)/t29?,30?,36-,37-/m0/s1. The number of aliphatic hydroxyl groups excluding tert-OH is 1. The summed E-state index contributed by atoms with van der Waals surface area (Å²) in [6, 6.07) is 11.2. The predicted octanol–water partition coefficient (Wildman–Crippen LogP) is 6.37. The molecule has 0 spiro atoms. The van der Waals surface area contributed by atoms with Crippen LogP contribution in [-0.2, 0) is 19.1 Å². The van der Waals surface area contributed by atoms with Gasteiger partial charge in [-0.25, -0.2) is 9.78 Å². The van der Waals surface area contributed by atoms with Gasteiger partial charge in [0.15, 0.2) is 0 Å². The average molecular weight is 800 g/mol. The Morgan fingerprint density at radius 2 is 1.46 bits per heavy atom. The number of aliphatic hydroxyl groups is 1. The highest BCUT2D eigenvalue weighted by atomic mass is 32.1. The van der Waals surface area contributed by atoms with E-state index in [1.54, 1.807) is 33.8 Å². The minimum Gasteiger partial charge on any atom is -0.453 e. The second-order valence-electron chi connectivity index (χ2n) is 15.3. The second-order valence-corrected chi connectivity index (χ2v) is 17.5. The third-order valence-electron chi connectivity index (χ3n) is 10.9. The Bertz CT molecular complexity index is 2130. The zero-order valence-corrected chi connectivity index (χ0v) is 34.0. The minimum atomic E-state index is -0.715. The fourth-order valence-electron chi connectivity index (χ4n) is 7.89. The molecule has 3 aliphatic heterocycles. The van der Waals surface area contributed by atoms with E-state index in [0.29, 0.717) is 19.5 Å². The first-order valence-electron chi connectivity index (χ1n) is 19.3. The Balaban J connectivity index is 0.985. The summed E-state index contributed by atoms with van der Waals surface area (Å²) < 4.78 is 7.21. The molecule has 0 saturated carbocycles. The number of likely N-dealkylation sites (tertiary alicyclic amines) is 2. The SMILES string of the molecule is COC(=O)N[C@H](C(=O)N1CCCC1C1=NC=C(c2cc3sc(-c4ccc(-c5cnc(C6CCCN6C(=O)[C@@H](NC(=O)CO)C(C)C)[nH]5)cc4)cc3s2)C1)C(C)C. The van der Waals surface area contributed by atoms with Gasteiger partial charge in [-0.1, -0.05) is 52.0 Å². The van der Waals surface area contributed by atoms with Crippen molar-refractivity contribution in [3.8, 4) is 21.7 Å². The van der Waals surface area contributed by atoms with Crippen LogP contribution in [0, 0.1) is 11.8 Å². The van der Waals surface area contributed by atoms with E-state index in [4.69, 9.17) is 9.73 Å². The lowest BCUT2D eigenvalue weighted by molar-refractivity contribution is -0.139. The predicted molar refractivity (Wildman–Crippen MR) is 219 cm³/mol. The Morgan fingerprint density at radius 3 is 2.11 bits per heavy atom. The normalized spacial score (nSPS) is 19.4. The maximum absolute atomic E-state index is 13.6. The highest BCUT2D eigenvalue weighted by molar-refractivity contribution is 7.30. The number of benzene rings is 1. The summed E-state index contributed by atoms with van der Waals surface area (Å²) in [5.74, 6) is -0.311. The maximum Gasteiger partial charge on any atom is 0.407 e. The van der Waals surface area contributed by atoms with E-state index >= 15 is 0 Å². The summed E-state index contributed by atoms with van der Waals surface area (Å²) in [5, 5.41) is 14.6. The molecule has 0 aliphatic carbocycles. The highest BCUT2D eigenvalue weighted by Gasteiger charge is 2.39. The third kappa shape index (κ3) is 8.02. The van der Waals surface area contributed by atoms with Gasteiger partial charge in [-0.15, -0.1) is 22.7 Å². The lowest BCUT2D eigenvalue weighted by Crippen LogP contribution is -2.53. The van der Waals surface area contributed by atoms with Crippen LogP contribution in [0.5, 0.6) is 0 Å². The van der Waals surface area contributed by atoms with Crippen molar-refractivity contribution in [1.29, 1.82) is 0 Å². The van der Waals surface area contributed by atoms with Crippen LogP contribution in [-0.4, -0.2) is 99.3 Å². The summed E-state index contributed by atoms with van der Waals surface area (Å²) in [5.41, 5.74) is 5.13. The summed E-state index contributed by atoms with van der Waals surface area (Å²) in [6.45, 7) is 8.16. The summed E-state index contributed by atoms with van der Waals surface area (Å²) in [7, 11) is 1.30. The molecule has 0 bridgehead atoms. The summed E-state index contributed by atoms with van der Waals surface area (Å²) in [6.07, 6.45) is 7.20. The summed E-state index contributed by atoms with van der Waals surface area (Å²) in [4.78, 5) is 70.0. The summed E-state index contributed by atoms with van der Waals surface area (Å²) >= 11 is 3.52. The molecule has 2 saturated heterocycles. The van der Waals surface area contributed by atoms with E-state index in [1.807, 2.05) is 38.8 Å². The van der Waals surface area contributed by atoms with E-state index in [-0.39, 0.29) is 35.7 Å². The van der Waals surface area contributed by atoms with Crippen LogP contribution in [0.15, 0.2) is 53.8 Å². The molecule has 1 aromatic carbocycles.